The predicted octanol–water partition coefficient (Wildman–Crippen LogP) is 2.40. The third kappa shape index (κ3) is 3.51. The summed E-state index contributed by atoms with van der Waals surface area (Å²) >= 11 is 0. The number of carboxylic acid groups (broad SMARTS) is 1. The molecule has 1 aliphatic heterocycles. The smallest absolute Gasteiger partial charge is 0.326 e. The number of rotatable bonds is 4. The van der Waals surface area contributed by atoms with Gasteiger partial charge in [0.05, 0.1) is 5.69 Å². The molecule has 1 heterocycles. The Hall–Kier alpha value is -2.11. The molecule has 6 heteroatoms. The summed E-state index contributed by atoms with van der Waals surface area (Å²) < 4.78 is 13.3. The zero-order valence-corrected chi connectivity index (χ0v) is 12.1. The number of fused-ring (bicyclic) bond motifs is 1. The van der Waals surface area contributed by atoms with Crippen LogP contribution in [0.25, 0.3) is 0 Å². The van der Waals surface area contributed by atoms with E-state index in [0.29, 0.717) is 25.1 Å². The largest absolute Gasteiger partial charge is 0.480 e. The van der Waals surface area contributed by atoms with Gasteiger partial charge in [-0.3, -0.25) is 4.90 Å². The van der Waals surface area contributed by atoms with Crippen molar-refractivity contribution in [3.63, 3.8) is 0 Å². The Labute approximate surface area is 122 Å². The van der Waals surface area contributed by atoms with Gasteiger partial charge in [-0.15, -0.1) is 0 Å². The third-order valence-corrected chi connectivity index (χ3v) is 3.49. The van der Waals surface area contributed by atoms with Gasteiger partial charge < -0.3 is 10.4 Å². The molecule has 0 fully saturated rings. The van der Waals surface area contributed by atoms with E-state index >= 15 is 0 Å². The first-order valence-corrected chi connectivity index (χ1v) is 6.97. The van der Waals surface area contributed by atoms with Crippen LogP contribution in [0.3, 0.4) is 0 Å². The Morgan fingerprint density at radius 3 is 2.76 bits per heavy atom. The Morgan fingerprint density at radius 2 is 2.14 bits per heavy atom. The minimum absolute atomic E-state index is 0.148. The zero-order valence-electron chi connectivity index (χ0n) is 12.1. The van der Waals surface area contributed by atoms with E-state index in [2.05, 4.69) is 5.32 Å². The molecule has 0 saturated heterocycles. The number of nitrogens with one attached hydrogen (secondary N) is 1. The van der Waals surface area contributed by atoms with Gasteiger partial charge in [-0.1, -0.05) is 19.9 Å². The minimum atomic E-state index is -1.06. The fourth-order valence-electron chi connectivity index (χ4n) is 2.48. The van der Waals surface area contributed by atoms with Crippen LogP contribution in [0.4, 0.5) is 14.9 Å². The normalized spacial score (nSPS) is 15.0. The molecule has 1 aliphatic rings. The average Bonchev–Trinajstić information content (AvgIpc) is 2.80. The van der Waals surface area contributed by atoms with E-state index in [0.717, 1.165) is 5.56 Å². The van der Waals surface area contributed by atoms with Gasteiger partial charge in [0.2, 0.25) is 0 Å². The molecule has 2 rings (SSSR count). The summed E-state index contributed by atoms with van der Waals surface area (Å²) in [4.78, 5) is 24.8. The van der Waals surface area contributed by atoms with Crippen LogP contribution < -0.4 is 10.2 Å². The first kappa shape index (κ1) is 15.3. The minimum Gasteiger partial charge on any atom is -0.480 e. The number of halogens is 1. The molecule has 1 aromatic rings. The molecular weight excluding hydrogens is 275 g/mol. The van der Waals surface area contributed by atoms with Crippen molar-refractivity contribution >= 4 is 17.7 Å². The molecule has 2 amide bonds. The maximum atomic E-state index is 13.3. The summed E-state index contributed by atoms with van der Waals surface area (Å²) in [6, 6.07) is 2.89. The van der Waals surface area contributed by atoms with Gasteiger partial charge in [0.25, 0.3) is 0 Å². The van der Waals surface area contributed by atoms with Gasteiger partial charge in [0, 0.05) is 6.54 Å². The molecule has 0 saturated carbocycles. The highest BCUT2D eigenvalue weighted by atomic mass is 19.1. The Bertz CT molecular complexity index is 560. The molecular formula is C15H19FN2O3. The summed E-state index contributed by atoms with van der Waals surface area (Å²) in [5.74, 6) is -1.32. The lowest BCUT2D eigenvalue weighted by atomic mass is 10.0. The third-order valence-electron chi connectivity index (χ3n) is 3.49. The molecule has 0 spiro atoms. The molecule has 1 unspecified atom stereocenters. The molecule has 21 heavy (non-hydrogen) atoms. The van der Waals surface area contributed by atoms with E-state index in [1.807, 2.05) is 13.8 Å². The number of amides is 2. The molecule has 0 aromatic heterocycles. The standard InChI is InChI=1S/C15H19FN2O3/c1-9(2)7-12(14(19)20)17-15(21)18-6-5-10-3-4-11(16)8-13(10)18/h3-4,8-9,12H,5-7H2,1-2H3,(H,17,21)(H,19,20). The molecule has 0 aliphatic carbocycles. The van der Waals surface area contributed by atoms with Crippen molar-refractivity contribution in [1.29, 1.82) is 0 Å². The number of carboxylic acids is 1. The van der Waals surface area contributed by atoms with Gasteiger partial charge in [0.15, 0.2) is 0 Å². The van der Waals surface area contributed by atoms with Gasteiger partial charge >= 0.3 is 12.0 Å². The van der Waals surface area contributed by atoms with Crippen molar-refractivity contribution < 1.29 is 19.1 Å². The van der Waals surface area contributed by atoms with Crippen molar-refractivity contribution in [2.75, 3.05) is 11.4 Å². The van der Waals surface area contributed by atoms with Crippen molar-refractivity contribution in [3.8, 4) is 0 Å². The Balaban J connectivity index is 2.11. The van der Waals surface area contributed by atoms with Crippen molar-refractivity contribution in [1.82, 2.24) is 5.32 Å². The highest BCUT2D eigenvalue weighted by molar-refractivity contribution is 5.96. The molecule has 114 valence electrons. The number of urea groups is 1. The number of hydrogen-bond acceptors (Lipinski definition) is 2. The van der Waals surface area contributed by atoms with Crippen LogP contribution in [-0.4, -0.2) is 29.7 Å². The van der Waals surface area contributed by atoms with Crippen LogP contribution in [0.1, 0.15) is 25.8 Å². The molecule has 0 radical (unpaired) electrons. The predicted molar refractivity (Wildman–Crippen MR) is 76.9 cm³/mol. The highest BCUT2D eigenvalue weighted by Crippen LogP contribution is 2.28. The lowest BCUT2D eigenvalue weighted by Gasteiger charge is -2.22. The first-order chi connectivity index (χ1) is 9.88. The first-order valence-electron chi connectivity index (χ1n) is 6.97. The maximum absolute atomic E-state index is 13.3. The number of benzene rings is 1. The SMILES string of the molecule is CC(C)CC(NC(=O)N1CCc2ccc(F)cc21)C(=O)O. The van der Waals surface area contributed by atoms with Crippen LogP contribution in [0, 0.1) is 11.7 Å². The van der Waals surface area contributed by atoms with E-state index in [1.54, 1.807) is 6.07 Å². The summed E-state index contributed by atoms with van der Waals surface area (Å²) in [7, 11) is 0. The number of carbonyl (C=O) groups excluding carboxylic acids is 1. The number of anilines is 1. The lowest BCUT2D eigenvalue weighted by molar-refractivity contribution is -0.139. The van der Waals surface area contributed by atoms with Gasteiger partial charge in [-0.05, 0) is 36.5 Å². The second-order valence-corrected chi connectivity index (χ2v) is 5.64. The van der Waals surface area contributed by atoms with E-state index in [9.17, 15) is 14.0 Å². The van der Waals surface area contributed by atoms with Crippen LogP contribution >= 0.6 is 0 Å². The maximum Gasteiger partial charge on any atom is 0.326 e. The molecule has 1 atom stereocenters. The molecule has 1 aromatic carbocycles. The number of nitrogens with zero attached hydrogens (tertiary/aromatic N) is 1. The second kappa shape index (κ2) is 6.11. The fourth-order valence-corrected chi connectivity index (χ4v) is 2.48. The Kier molecular flexibility index (Phi) is 4.45. The van der Waals surface area contributed by atoms with E-state index in [-0.39, 0.29) is 5.92 Å². The van der Waals surface area contributed by atoms with Crippen molar-refractivity contribution in [3.05, 3.63) is 29.6 Å². The van der Waals surface area contributed by atoms with Gasteiger partial charge in [-0.2, -0.15) is 0 Å². The quantitative estimate of drug-likeness (QED) is 0.896. The fraction of sp³-hybridized carbons (Fsp3) is 0.467. The average molecular weight is 294 g/mol. The van der Waals surface area contributed by atoms with Crippen LogP contribution in [-0.2, 0) is 11.2 Å². The Morgan fingerprint density at radius 1 is 1.43 bits per heavy atom. The second-order valence-electron chi connectivity index (χ2n) is 5.64. The zero-order chi connectivity index (χ0) is 15.6. The van der Waals surface area contributed by atoms with Crippen LogP contribution in [0.5, 0.6) is 0 Å². The number of hydrogen-bond donors (Lipinski definition) is 2. The van der Waals surface area contributed by atoms with Crippen LogP contribution in [0.2, 0.25) is 0 Å². The summed E-state index contributed by atoms with van der Waals surface area (Å²) in [6.07, 6.45) is 0.996. The van der Waals surface area contributed by atoms with Crippen LogP contribution in [0.15, 0.2) is 18.2 Å². The monoisotopic (exact) mass is 294 g/mol. The lowest BCUT2D eigenvalue weighted by Crippen LogP contribution is -2.48. The molecule has 2 N–H and O–H groups in total. The van der Waals surface area contributed by atoms with E-state index < -0.39 is 23.9 Å². The topological polar surface area (TPSA) is 69.6 Å². The van der Waals surface area contributed by atoms with Crippen molar-refractivity contribution in [2.24, 2.45) is 5.92 Å². The molecule has 0 bridgehead atoms. The van der Waals surface area contributed by atoms with E-state index in [4.69, 9.17) is 5.11 Å². The summed E-state index contributed by atoms with van der Waals surface area (Å²) in [5.41, 5.74) is 1.41. The molecule has 5 nitrogen and oxygen atoms in total. The van der Waals surface area contributed by atoms with Crippen molar-refractivity contribution in [2.45, 2.75) is 32.7 Å². The van der Waals surface area contributed by atoms with Gasteiger partial charge in [-0.25, -0.2) is 14.0 Å². The summed E-state index contributed by atoms with van der Waals surface area (Å²) in [5, 5.41) is 11.7. The highest BCUT2D eigenvalue weighted by Gasteiger charge is 2.29. The van der Waals surface area contributed by atoms with E-state index in [1.165, 1.54) is 17.0 Å². The number of aliphatic carboxylic acids is 1. The van der Waals surface area contributed by atoms with Gasteiger partial charge in [0.1, 0.15) is 11.9 Å². The summed E-state index contributed by atoms with van der Waals surface area (Å²) in [6.45, 7) is 4.21. The number of carbonyl (C=O) groups is 2.